The molecule has 6 heteroatoms. The Balaban J connectivity index is 1.80. The Labute approximate surface area is 186 Å². The zero-order chi connectivity index (χ0) is 23.2. The van der Waals surface area contributed by atoms with E-state index in [4.69, 9.17) is 0 Å². The van der Waals surface area contributed by atoms with Gasteiger partial charge in [-0.2, -0.15) is 0 Å². The number of hydrogen-bond donors (Lipinski definition) is 2. The van der Waals surface area contributed by atoms with Crippen molar-refractivity contribution < 1.29 is 18.4 Å². The summed E-state index contributed by atoms with van der Waals surface area (Å²) in [5, 5.41) is 5.84. The average Bonchev–Trinajstić information content (AvgIpc) is 2.68. The van der Waals surface area contributed by atoms with Crippen LogP contribution in [0.3, 0.4) is 0 Å². The number of rotatable bonds is 3. The minimum absolute atomic E-state index is 0.0000812. The van der Waals surface area contributed by atoms with Crippen LogP contribution in [0.15, 0.2) is 65.0 Å². The summed E-state index contributed by atoms with van der Waals surface area (Å²) in [5.74, 6) is -2.69. The number of anilines is 1. The molecule has 0 radical (unpaired) electrons. The second-order valence-electron chi connectivity index (χ2n) is 9.42. The topological polar surface area (TPSA) is 58.2 Å². The molecule has 1 aliphatic heterocycles. The van der Waals surface area contributed by atoms with Gasteiger partial charge in [0.15, 0.2) is 5.78 Å². The van der Waals surface area contributed by atoms with Crippen molar-refractivity contribution in [3.63, 3.8) is 0 Å². The van der Waals surface area contributed by atoms with Gasteiger partial charge in [-0.25, -0.2) is 8.78 Å². The Bertz CT molecular complexity index is 1180. The molecular formula is C26H26F2N2O2. The minimum Gasteiger partial charge on any atom is -0.362 e. The first-order chi connectivity index (χ1) is 15.1. The molecule has 2 aromatic carbocycles. The van der Waals surface area contributed by atoms with Gasteiger partial charge in [-0.15, -0.1) is 0 Å². The fourth-order valence-corrected chi connectivity index (χ4v) is 4.61. The molecule has 2 N–H and O–H groups in total. The maximum absolute atomic E-state index is 14.2. The molecule has 1 amide bonds. The highest BCUT2D eigenvalue weighted by Gasteiger charge is 2.42. The molecule has 166 valence electrons. The van der Waals surface area contributed by atoms with E-state index in [0.29, 0.717) is 29.7 Å². The maximum Gasteiger partial charge on any atom is 0.254 e. The Morgan fingerprint density at radius 2 is 1.75 bits per heavy atom. The smallest absolute Gasteiger partial charge is 0.254 e. The number of amides is 1. The lowest BCUT2D eigenvalue weighted by Gasteiger charge is -2.39. The molecule has 1 atom stereocenters. The largest absolute Gasteiger partial charge is 0.362 e. The SMILES string of the molecule is CC1=C(C(=O)Nc2ccc(F)cc2F)[C@@H](c2ccc(C)cc2)C2=C(CC(C)(C)CC2=O)N1. The van der Waals surface area contributed by atoms with Crippen molar-refractivity contribution in [2.75, 3.05) is 5.32 Å². The van der Waals surface area contributed by atoms with Crippen LogP contribution in [0.4, 0.5) is 14.5 Å². The van der Waals surface area contributed by atoms with Crippen molar-refractivity contribution in [3.8, 4) is 0 Å². The molecule has 0 bridgehead atoms. The predicted octanol–water partition coefficient (Wildman–Crippen LogP) is 5.52. The van der Waals surface area contributed by atoms with Gasteiger partial charge in [-0.1, -0.05) is 43.7 Å². The highest BCUT2D eigenvalue weighted by molar-refractivity contribution is 6.10. The zero-order valence-electron chi connectivity index (χ0n) is 18.6. The van der Waals surface area contributed by atoms with E-state index in [1.807, 2.05) is 31.2 Å². The minimum atomic E-state index is -0.859. The molecule has 4 nitrogen and oxygen atoms in total. The molecular weight excluding hydrogens is 410 g/mol. The highest BCUT2D eigenvalue weighted by atomic mass is 19.1. The molecule has 1 heterocycles. The van der Waals surface area contributed by atoms with Gasteiger partial charge in [0.05, 0.1) is 5.69 Å². The quantitative estimate of drug-likeness (QED) is 0.667. The van der Waals surface area contributed by atoms with Crippen molar-refractivity contribution in [2.45, 2.75) is 46.5 Å². The Hall–Kier alpha value is -3.28. The van der Waals surface area contributed by atoms with E-state index in [1.54, 1.807) is 6.92 Å². The summed E-state index contributed by atoms with van der Waals surface area (Å²) in [6.45, 7) is 7.86. The van der Waals surface area contributed by atoms with Crippen molar-refractivity contribution >= 4 is 17.4 Å². The van der Waals surface area contributed by atoms with Crippen LogP contribution in [0, 0.1) is 24.0 Å². The van der Waals surface area contributed by atoms with Gasteiger partial charge < -0.3 is 10.6 Å². The predicted molar refractivity (Wildman–Crippen MR) is 120 cm³/mol. The van der Waals surface area contributed by atoms with E-state index in [0.717, 1.165) is 29.0 Å². The van der Waals surface area contributed by atoms with Crippen molar-refractivity contribution in [3.05, 3.63) is 87.8 Å². The summed E-state index contributed by atoms with van der Waals surface area (Å²) in [6, 6.07) is 10.7. The highest BCUT2D eigenvalue weighted by Crippen LogP contribution is 2.46. The molecule has 1 aliphatic carbocycles. The monoisotopic (exact) mass is 436 g/mol. The number of nitrogens with one attached hydrogen (secondary N) is 2. The molecule has 0 aromatic heterocycles. The van der Waals surface area contributed by atoms with Crippen molar-refractivity contribution in [1.82, 2.24) is 5.32 Å². The van der Waals surface area contributed by atoms with E-state index in [1.165, 1.54) is 6.07 Å². The molecule has 2 aromatic rings. The first kappa shape index (κ1) is 21.9. The Morgan fingerprint density at radius 3 is 2.41 bits per heavy atom. The van der Waals surface area contributed by atoms with Gasteiger partial charge in [0, 0.05) is 40.9 Å². The standard InChI is InChI=1S/C26H26F2N2O2/c1-14-5-7-16(8-6-14)23-22(25(32)30-19-10-9-17(27)11-18(19)28)15(2)29-20-12-26(3,4)13-21(31)24(20)23/h5-11,23,29H,12-13H2,1-4H3,(H,30,32)/t23-/m1/s1. The zero-order valence-corrected chi connectivity index (χ0v) is 18.6. The number of ketones is 1. The van der Waals surface area contributed by atoms with Gasteiger partial charge in [0.1, 0.15) is 11.6 Å². The molecule has 0 saturated heterocycles. The maximum atomic E-state index is 14.2. The Kier molecular flexibility index (Phi) is 5.49. The van der Waals surface area contributed by atoms with Crippen LogP contribution in [0.1, 0.15) is 50.7 Å². The van der Waals surface area contributed by atoms with Gasteiger partial charge in [0.25, 0.3) is 5.91 Å². The summed E-state index contributed by atoms with van der Waals surface area (Å²) in [5.41, 5.74) is 3.97. The summed E-state index contributed by atoms with van der Waals surface area (Å²) in [4.78, 5) is 26.6. The average molecular weight is 437 g/mol. The molecule has 32 heavy (non-hydrogen) atoms. The summed E-state index contributed by atoms with van der Waals surface area (Å²) in [6.07, 6.45) is 1.08. The number of dihydropyridines is 1. The number of carbonyl (C=O) groups excluding carboxylic acids is 2. The molecule has 0 spiro atoms. The third kappa shape index (κ3) is 4.09. The van der Waals surface area contributed by atoms with Gasteiger partial charge in [-0.3, -0.25) is 9.59 Å². The Morgan fingerprint density at radius 1 is 1.06 bits per heavy atom. The lowest BCUT2D eigenvalue weighted by molar-refractivity contribution is -0.118. The number of allylic oxidation sites excluding steroid dienone is 3. The normalized spacial score (nSPS) is 20.1. The van der Waals surface area contributed by atoms with E-state index in [2.05, 4.69) is 24.5 Å². The fourth-order valence-electron chi connectivity index (χ4n) is 4.61. The van der Waals surface area contributed by atoms with Crippen molar-refractivity contribution in [1.29, 1.82) is 0 Å². The number of carbonyl (C=O) groups is 2. The van der Waals surface area contributed by atoms with E-state index >= 15 is 0 Å². The molecule has 0 saturated carbocycles. The second kappa shape index (κ2) is 8.01. The lowest BCUT2D eigenvalue weighted by atomic mass is 9.68. The number of Topliss-reactive ketones (excluding diaryl/α,β-unsaturated/α-hetero) is 1. The van der Waals surface area contributed by atoms with Crippen LogP contribution < -0.4 is 10.6 Å². The summed E-state index contributed by atoms with van der Waals surface area (Å²) < 4.78 is 27.5. The molecule has 4 rings (SSSR count). The van der Waals surface area contributed by atoms with Crippen molar-refractivity contribution in [2.24, 2.45) is 5.41 Å². The number of aryl methyl sites for hydroxylation is 1. The van der Waals surface area contributed by atoms with Crippen LogP contribution in [-0.2, 0) is 9.59 Å². The lowest BCUT2D eigenvalue weighted by Crippen LogP contribution is -2.39. The van der Waals surface area contributed by atoms with Gasteiger partial charge in [0.2, 0.25) is 0 Å². The third-order valence-corrected chi connectivity index (χ3v) is 6.07. The van der Waals surface area contributed by atoms with Crippen LogP contribution in [0.2, 0.25) is 0 Å². The van der Waals surface area contributed by atoms with Crippen LogP contribution >= 0.6 is 0 Å². The fraction of sp³-hybridized carbons (Fsp3) is 0.308. The van der Waals surface area contributed by atoms with E-state index in [-0.39, 0.29) is 16.9 Å². The van der Waals surface area contributed by atoms with Crippen LogP contribution in [0.25, 0.3) is 0 Å². The van der Waals surface area contributed by atoms with Gasteiger partial charge >= 0.3 is 0 Å². The summed E-state index contributed by atoms with van der Waals surface area (Å²) in [7, 11) is 0. The third-order valence-electron chi connectivity index (χ3n) is 6.07. The van der Waals surface area contributed by atoms with E-state index in [9.17, 15) is 18.4 Å². The molecule has 0 fully saturated rings. The number of halogens is 2. The molecule has 2 aliphatic rings. The van der Waals surface area contributed by atoms with Gasteiger partial charge in [-0.05, 0) is 43.4 Å². The first-order valence-corrected chi connectivity index (χ1v) is 10.6. The van der Waals surface area contributed by atoms with E-state index < -0.39 is 23.5 Å². The number of hydrogen-bond acceptors (Lipinski definition) is 3. The second-order valence-corrected chi connectivity index (χ2v) is 9.42. The van der Waals surface area contributed by atoms with Crippen LogP contribution in [0.5, 0.6) is 0 Å². The van der Waals surface area contributed by atoms with Crippen LogP contribution in [-0.4, -0.2) is 11.7 Å². The summed E-state index contributed by atoms with van der Waals surface area (Å²) >= 11 is 0. The first-order valence-electron chi connectivity index (χ1n) is 10.6. The number of benzene rings is 2. The molecule has 0 unspecified atom stereocenters.